The Labute approximate surface area is 118 Å². The van der Waals surface area contributed by atoms with E-state index >= 15 is 0 Å². The molecular weight excluding hydrogens is 270 g/mol. The summed E-state index contributed by atoms with van der Waals surface area (Å²) in [5, 5.41) is 46.1. The Morgan fingerprint density at radius 1 is 0.765 bits per heavy atom. The first-order valence-corrected chi connectivity index (χ1v) is 5.82. The molecule has 1 saturated carbocycles. The van der Waals surface area contributed by atoms with Gasteiger partial charge in [0.15, 0.2) is 0 Å². The van der Waals surface area contributed by atoms with E-state index in [0.717, 1.165) is 0 Å². The zero-order chi connectivity index (χ0) is 12.7. The summed E-state index contributed by atoms with van der Waals surface area (Å²) in [5.74, 6) is 0. The molecule has 0 heterocycles. The van der Waals surface area contributed by atoms with Gasteiger partial charge < -0.3 is 35.3 Å². The third kappa shape index (κ3) is 4.20. The second kappa shape index (κ2) is 6.38. The van der Waals surface area contributed by atoms with Crippen LogP contribution in [0.4, 0.5) is 0 Å². The third-order valence-electron chi connectivity index (χ3n) is 2.33. The van der Waals surface area contributed by atoms with Gasteiger partial charge in [-0.25, -0.2) is 4.57 Å². The maximum Gasteiger partial charge on any atom is 1.00 e. The van der Waals surface area contributed by atoms with Gasteiger partial charge >= 0.3 is 37.4 Å². The van der Waals surface area contributed by atoms with Crippen LogP contribution in [0, 0.1) is 0 Å². The minimum atomic E-state index is -5.01. The molecule has 0 bridgehead atoms. The van der Waals surface area contributed by atoms with E-state index in [9.17, 15) is 25.0 Å². The molecule has 1 aliphatic carbocycles. The van der Waals surface area contributed by atoms with Gasteiger partial charge in [0, 0.05) is 0 Å². The summed E-state index contributed by atoms with van der Waals surface area (Å²) in [6, 6.07) is 0. The first-order valence-electron chi connectivity index (χ1n) is 4.29. The number of hydrogen-bond acceptors (Lipinski definition) is 7. The van der Waals surface area contributed by atoms with Gasteiger partial charge in [-0.3, -0.25) is 4.52 Å². The Morgan fingerprint density at radius 3 is 1.35 bits per heavy atom. The largest absolute Gasteiger partial charge is 1.00 e. The molecule has 7 N–H and O–H groups in total. The molecular formula is C6H13NaO9P+. The van der Waals surface area contributed by atoms with Crippen molar-refractivity contribution < 1.29 is 74.0 Å². The van der Waals surface area contributed by atoms with Crippen LogP contribution in [-0.4, -0.2) is 71.9 Å². The van der Waals surface area contributed by atoms with Crippen LogP contribution in [-0.2, 0) is 9.09 Å². The summed E-state index contributed by atoms with van der Waals surface area (Å²) < 4.78 is 14.5. The van der Waals surface area contributed by atoms with Crippen molar-refractivity contribution in [3.05, 3.63) is 0 Å². The van der Waals surface area contributed by atoms with E-state index < -0.39 is 44.4 Å². The summed E-state index contributed by atoms with van der Waals surface area (Å²) in [7, 11) is -5.01. The Kier molecular flexibility index (Phi) is 6.72. The van der Waals surface area contributed by atoms with Gasteiger partial charge in [0.25, 0.3) is 0 Å². The van der Waals surface area contributed by atoms with Crippen LogP contribution in [0.25, 0.3) is 0 Å². The predicted octanol–water partition coefficient (Wildman–Crippen LogP) is -6.71. The average molecular weight is 283 g/mol. The predicted molar refractivity (Wildman–Crippen MR) is 47.0 cm³/mol. The second-order valence-electron chi connectivity index (χ2n) is 3.51. The van der Waals surface area contributed by atoms with Crippen molar-refractivity contribution in [1.82, 2.24) is 0 Å². The fourth-order valence-corrected chi connectivity index (χ4v) is 2.05. The summed E-state index contributed by atoms with van der Waals surface area (Å²) in [6.07, 6.45) is -11.3. The first-order chi connectivity index (χ1) is 7.15. The fourth-order valence-electron chi connectivity index (χ4n) is 1.48. The van der Waals surface area contributed by atoms with Crippen LogP contribution in [0.1, 0.15) is 0 Å². The molecule has 17 heavy (non-hydrogen) atoms. The quantitative estimate of drug-likeness (QED) is 0.192. The van der Waals surface area contributed by atoms with Crippen molar-refractivity contribution >= 4 is 7.82 Å². The number of hydrogen-bond donors (Lipinski definition) is 7. The zero-order valence-electron chi connectivity index (χ0n) is 8.86. The molecule has 0 saturated heterocycles. The molecule has 0 aliphatic heterocycles. The van der Waals surface area contributed by atoms with E-state index in [-0.39, 0.29) is 29.6 Å². The number of rotatable bonds is 2. The molecule has 96 valence electrons. The molecule has 1 aliphatic rings. The molecule has 2 unspecified atom stereocenters. The molecule has 11 heteroatoms. The van der Waals surface area contributed by atoms with Gasteiger partial charge in [-0.1, -0.05) is 0 Å². The third-order valence-corrected chi connectivity index (χ3v) is 2.85. The molecule has 1 fully saturated rings. The topological polar surface area (TPSA) is 168 Å². The van der Waals surface area contributed by atoms with Crippen molar-refractivity contribution in [3.8, 4) is 0 Å². The van der Waals surface area contributed by atoms with Crippen LogP contribution >= 0.6 is 7.82 Å². The molecule has 0 aromatic rings. The first kappa shape index (κ1) is 17.9. The van der Waals surface area contributed by atoms with Gasteiger partial charge in [-0.15, -0.1) is 0 Å². The SMILES string of the molecule is O=P(O)(O)OC1[C@@H](O)[C@H](O)C(O)[C@H](O)[C@@H]1O.[Na+]. The number of aliphatic hydroxyl groups is 5. The molecule has 0 radical (unpaired) electrons. The molecule has 0 spiro atoms. The molecule has 6 atom stereocenters. The Bertz CT molecular complexity index is 279. The van der Waals surface area contributed by atoms with E-state index in [4.69, 9.17) is 14.9 Å². The van der Waals surface area contributed by atoms with E-state index in [1.165, 1.54) is 0 Å². The van der Waals surface area contributed by atoms with Crippen LogP contribution in [0.5, 0.6) is 0 Å². The van der Waals surface area contributed by atoms with Gasteiger partial charge in [-0.2, -0.15) is 0 Å². The maximum absolute atomic E-state index is 10.5. The fraction of sp³-hybridized carbons (Fsp3) is 1.00. The van der Waals surface area contributed by atoms with Gasteiger partial charge in [0.05, 0.1) is 0 Å². The van der Waals surface area contributed by atoms with Crippen LogP contribution < -0.4 is 29.6 Å². The minimum Gasteiger partial charge on any atom is -0.387 e. The maximum atomic E-state index is 10.5. The second-order valence-corrected chi connectivity index (χ2v) is 4.71. The summed E-state index contributed by atoms with van der Waals surface area (Å²) >= 11 is 0. The monoisotopic (exact) mass is 283 g/mol. The van der Waals surface area contributed by atoms with Crippen molar-refractivity contribution in [1.29, 1.82) is 0 Å². The van der Waals surface area contributed by atoms with Crippen LogP contribution in [0.3, 0.4) is 0 Å². The minimum absolute atomic E-state index is 0. The number of phosphoric ester groups is 1. The summed E-state index contributed by atoms with van der Waals surface area (Å²) in [6.45, 7) is 0. The van der Waals surface area contributed by atoms with E-state index in [1.54, 1.807) is 0 Å². The number of phosphoric acid groups is 1. The standard InChI is InChI=1S/C6H13O9P.Na/c7-1-2(8)4(10)6(5(11)3(1)9)15-16(12,13)14;/h1-11H,(H2,12,13,14);/q;+1/t1?,2-,3+,4-,5-,6?;/m0./s1. The van der Waals surface area contributed by atoms with Crippen molar-refractivity contribution in [3.63, 3.8) is 0 Å². The smallest absolute Gasteiger partial charge is 0.387 e. The molecule has 1 rings (SSSR count). The summed E-state index contributed by atoms with van der Waals surface area (Å²) in [4.78, 5) is 17.0. The Hall–Kier alpha value is 0.910. The summed E-state index contributed by atoms with van der Waals surface area (Å²) in [5.41, 5.74) is 0. The van der Waals surface area contributed by atoms with Crippen molar-refractivity contribution in [2.75, 3.05) is 0 Å². The Balaban J connectivity index is 0.00000256. The molecule has 0 aromatic carbocycles. The van der Waals surface area contributed by atoms with Gasteiger partial charge in [0.2, 0.25) is 0 Å². The Morgan fingerprint density at radius 2 is 1.06 bits per heavy atom. The number of aliphatic hydroxyl groups excluding tert-OH is 5. The van der Waals surface area contributed by atoms with Crippen LogP contribution in [0.15, 0.2) is 0 Å². The van der Waals surface area contributed by atoms with Crippen molar-refractivity contribution in [2.24, 2.45) is 0 Å². The van der Waals surface area contributed by atoms with E-state index in [2.05, 4.69) is 4.52 Å². The van der Waals surface area contributed by atoms with E-state index in [0.29, 0.717) is 0 Å². The average Bonchev–Trinajstić information content (AvgIpc) is 2.17. The molecule has 0 amide bonds. The van der Waals surface area contributed by atoms with E-state index in [1.807, 2.05) is 0 Å². The molecule has 0 aromatic heterocycles. The zero-order valence-corrected chi connectivity index (χ0v) is 11.8. The van der Waals surface area contributed by atoms with Gasteiger partial charge in [0.1, 0.15) is 36.6 Å². The van der Waals surface area contributed by atoms with Gasteiger partial charge in [-0.05, 0) is 0 Å². The molecule has 9 nitrogen and oxygen atoms in total. The van der Waals surface area contributed by atoms with Crippen LogP contribution in [0.2, 0.25) is 0 Å². The van der Waals surface area contributed by atoms with Crippen molar-refractivity contribution in [2.45, 2.75) is 36.6 Å². The normalized spacial score (nSPS) is 43.0.